The second-order valence-electron chi connectivity index (χ2n) is 4.42. The molecule has 0 unspecified atom stereocenters. The molecule has 0 saturated heterocycles. The van der Waals surface area contributed by atoms with Gasteiger partial charge in [-0.1, -0.05) is 18.5 Å². The summed E-state index contributed by atoms with van der Waals surface area (Å²) in [5.41, 5.74) is 2.64. The molecule has 17 heavy (non-hydrogen) atoms. The molecule has 1 aromatic heterocycles. The van der Waals surface area contributed by atoms with Gasteiger partial charge in [0.05, 0.1) is 0 Å². The molecular weight excluding hydrogens is 250 g/mol. The van der Waals surface area contributed by atoms with Gasteiger partial charge in [-0.2, -0.15) is 0 Å². The van der Waals surface area contributed by atoms with Gasteiger partial charge >= 0.3 is 0 Å². The molecular formula is C14H14ClNS. The fraction of sp³-hybridized carbons (Fsp3) is 0.286. The minimum atomic E-state index is 0.853. The van der Waals surface area contributed by atoms with E-state index in [1.165, 1.54) is 26.1 Å². The van der Waals surface area contributed by atoms with Gasteiger partial charge in [-0.25, -0.2) is 0 Å². The Kier molecular flexibility index (Phi) is 2.64. The Morgan fingerprint density at radius 3 is 3.00 bits per heavy atom. The summed E-state index contributed by atoms with van der Waals surface area (Å²) in [5, 5.41) is 2.21. The van der Waals surface area contributed by atoms with Crippen molar-refractivity contribution in [2.24, 2.45) is 0 Å². The lowest BCUT2D eigenvalue weighted by atomic mass is 10.0. The number of benzene rings is 1. The Hall–Kier alpha value is -0.990. The Morgan fingerprint density at radius 2 is 2.24 bits per heavy atom. The Balaban J connectivity index is 2.42. The zero-order chi connectivity index (χ0) is 12.0. The molecule has 1 nitrogen and oxygen atoms in total. The molecule has 2 heterocycles. The predicted octanol–water partition coefficient (Wildman–Crippen LogP) is 4.53. The van der Waals surface area contributed by atoms with Gasteiger partial charge in [-0.3, -0.25) is 0 Å². The van der Waals surface area contributed by atoms with Gasteiger partial charge in [0.15, 0.2) is 0 Å². The summed E-state index contributed by atoms with van der Waals surface area (Å²) >= 11 is 8.22. The highest BCUT2D eigenvalue weighted by molar-refractivity contribution is 7.19. The van der Waals surface area contributed by atoms with E-state index < -0.39 is 0 Å². The summed E-state index contributed by atoms with van der Waals surface area (Å²) in [5.74, 6) is 0. The molecule has 1 aromatic carbocycles. The van der Waals surface area contributed by atoms with Gasteiger partial charge in [-0.15, -0.1) is 11.3 Å². The normalized spacial score (nSPS) is 14.4. The SMILES string of the molecule is CCc1sc2ccc(Cl)c3c2c1CN(C)C=C3. The maximum atomic E-state index is 6.32. The van der Waals surface area contributed by atoms with Gasteiger partial charge in [0, 0.05) is 39.1 Å². The van der Waals surface area contributed by atoms with Crippen LogP contribution in [-0.4, -0.2) is 11.9 Å². The third-order valence-electron chi connectivity index (χ3n) is 3.25. The average Bonchev–Trinajstić information content (AvgIpc) is 2.56. The smallest absolute Gasteiger partial charge is 0.0486 e. The fourth-order valence-corrected chi connectivity index (χ4v) is 3.82. The third-order valence-corrected chi connectivity index (χ3v) is 4.92. The monoisotopic (exact) mass is 263 g/mol. The maximum Gasteiger partial charge on any atom is 0.0486 e. The standard InChI is InChI=1S/C14H14ClNS/c1-3-12-10-8-16(2)7-6-9-11(15)4-5-13(17-12)14(9)10/h4-7H,3,8H2,1-2H3. The van der Waals surface area contributed by atoms with Crippen molar-refractivity contribution in [2.45, 2.75) is 19.9 Å². The Morgan fingerprint density at radius 1 is 1.41 bits per heavy atom. The molecule has 0 amide bonds. The van der Waals surface area contributed by atoms with Crippen molar-refractivity contribution >= 4 is 39.1 Å². The summed E-state index contributed by atoms with van der Waals surface area (Å²) in [6.45, 7) is 3.20. The summed E-state index contributed by atoms with van der Waals surface area (Å²) in [6, 6.07) is 4.16. The van der Waals surface area contributed by atoms with Crippen LogP contribution in [0.25, 0.3) is 16.2 Å². The van der Waals surface area contributed by atoms with Crippen LogP contribution in [0.15, 0.2) is 18.3 Å². The first-order chi connectivity index (χ1) is 8.20. The molecule has 3 heteroatoms. The molecule has 0 fully saturated rings. The molecule has 0 radical (unpaired) electrons. The van der Waals surface area contributed by atoms with E-state index in [1.807, 2.05) is 17.4 Å². The van der Waals surface area contributed by atoms with Gasteiger partial charge in [0.1, 0.15) is 0 Å². The van der Waals surface area contributed by atoms with E-state index in [0.717, 1.165) is 18.0 Å². The van der Waals surface area contributed by atoms with E-state index in [4.69, 9.17) is 11.6 Å². The number of nitrogens with zero attached hydrogens (tertiary/aromatic N) is 1. The highest BCUT2D eigenvalue weighted by atomic mass is 35.5. The van der Waals surface area contributed by atoms with Crippen molar-refractivity contribution in [1.82, 2.24) is 4.90 Å². The van der Waals surface area contributed by atoms with Gasteiger partial charge in [-0.05, 0) is 36.4 Å². The first kappa shape index (κ1) is 11.1. The summed E-state index contributed by atoms with van der Waals surface area (Å²) in [4.78, 5) is 3.70. The van der Waals surface area contributed by atoms with E-state index in [0.29, 0.717) is 0 Å². The number of aryl methyl sites for hydroxylation is 1. The highest BCUT2D eigenvalue weighted by Gasteiger charge is 2.18. The number of hydrogen-bond donors (Lipinski definition) is 0. The van der Waals surface area contributed by atoms with Crippen molar-refractivity contribution in [2.75, 3.05) is 7.05 Å². The van der Waals surface area contributed by atoms with Crippen LogP contribution in [0.1, 0.15) is 22.9 Å². The van der Waals surface area contributed by atoms with E-state index in [9.17, 15) is 0 Å². The average molecular weight is 264 g/mol. The van der Waals surface area contributed by atoms with E-state index in [-0.39, 0.29) is 0 Å². The molecule has 88 valence electrons. The third kappa shape index (κ3) is 1.67. The molecule has 0 N–H and O–H groups in total. The van der Waals surface area contributed by atoms with Gasteiger partial charge < -0.3 is 4.90 Å². The largest absolute Gasteiger partial charge is 0.376 e. The lowest BCUT2D eigenvalue weighted by Gasteiger charge is -2.12. The fourth-order valence-electron chi connectivity index (χ4n) is 2.42. The molecule has 0 bridgehead atoms. The Bertz CT molecular complexity index is 612. The van der Waals surface area contributed by atoms with E-state index in [2.05, 4.69) is 37.2 Å². The molecule has 2 aromatic rings. The molecule has 0 atom stereocenters. The highest BCUT2D eigenvalue weighted by Crippen LogP contribution is 2.39. The Labute approximate surface area is 110 Å². The minimum absolute atomic E-state index is 0.853. The van der Waals surface area contributed by atoms with Crippen LogP contribution in [0.3, 0.4) is 0 Å². The van der Waals surface area contributed by atoms with Crippen molar-refractivity contribution in [3.05, 3.63) is 39.4 Å². The van der Waals surface area contributed by atoms with Crippen molar-refractivity contribution in [3.8, 4) is 0 Å². The molecule has 0 aliphatic carbocycles. The van der Waals surface area contributed by atoms with Crippen LogP contribution < -0.4 is 0 Å². The maximum absolute atomic E-state index is 6.32. The van der Waals surface area contributed by atoms with E-state index >= 15 is 0 Å². The molecule has 1 aliphatic heterocycles. The lowest BCUT2D eigenvalue weighted by Crippen LogP contribution is -2.09. The van der Waals surface area contributed by atoms with Crippen LogP contribution in [-0.2, 0) is 13.0 Å². The van der Waals surface area contributed by atoms with Crippen molar-refractivity contribution in [3.63, 3.8) is 0 Å². The first-order valence-corrected chi connectivity index (χ1v) is 7.01. The minimum Gasteiger partial charge on any atom is -0.376 e. The van der Waals surface area contributed by atoms with Crippen molar-refractivity contribution in [1.29, 1.82) is 0 Å². The second kappa shape index (κ2) is 4.04. The van der Waals surface area contributed by atoms with E-state index in [1.54, 1.807) is 0 Å². The quantitative estimate of drug-likeness (QED) is 0.731. The number of thiophene rings is 1. The summed E-state index contributed by atoms with van der Waals surface area (Å²) in [7, 11) is 2.11. The van der Waals surface area contributed by atoms with Gasteiger partial charge in [0.25, 0.3) is 0 Å². The van der Waals surface area contributed by atoms with Crippen LogP contribution in [0.4, 0.5) is 0 Å². The molecule has 3 rings (SSSR count). The first-order valence-electron chi connectivity index (χ1n) is 5.82. The summed E-state index contributed by atoms with van der Waals surface area (Å²) in [6.07, 6.45) is 5.34. The van der Waals surface area contributed by atoms with Crippen LogP contribution in [0.2, 0.25) is 5.02 Å². The topological polar surface area (TPSA) is 3.24 Å². The van der Waals surface area contributed by atoms with Crippen LogP contribution in [0, 0.1) is 0 Å². The van der Waals surface area contributed by atoms with Crippen LogP contribution >= 0.6 is 22.9 Å². The number of hydrogen-bond acceptors (Lipinski definition) is 2. The van der Waals surface area contributed by atoms with Gasteiger partial charge in [0.2, 0.25) is 0 Å². The number of halogens is 1. The molecule has 0 saturated carbocycles. The predicted molar refractivity (Wildman–Crippen MR) is 76.7 cm³/mol. The molecule has 1 aliphatic rings. The molecule has 0 spiro atoms. The number of rotatable bonds is 1. The second-order valence-corrected chi connectivity index (χ2v) is 5.97. The van der Waals surface area contributed by atoms with Crippen LogP contribution in [0.5, 0.6) is 0 Å². The lowest BCUT2D eigenvalue weighted by molar-refractivity contribution is 0.456. The van der Waals surface area contributed by atoms with Crippen molar-refractivity contribution < 1.29 is 0 Å². The zero-order valence-electron chi connectivity index (χ0n) is 9.96. The summed E-state index contributed by atoms with van der Waals surface area (Å²) < 4.78 is 1.36. The zero-order valence-corrected chi connectivity index (χ0v) is 11.5.